The van der Waals surface area contributed by atoms with Gasteiger partial charge in [0.25, 0.3) is 5.91 Å². The monoisotopic (exact) mass is 302 g/mol. The van der Waals surface area contributed by atoms with Crippen molar-refractivity contribution in [3.63, 3.8) is 0 Å². The van der Waals surface area contributed by atoms with E-state index in [1.54, 1.807) is 17.0 Å². The fourth-order valence-electron chi connectivity index (χ4n) is 3.27. The minimum Gasteiger partial charge on any atom is -0.388 e. The number of aliphatic hydroxyl groups is 1. The topological polar surface area (TPSA) is 69.6 Å². The number of amides is 2. The summed E-state index contributed by atoms with van der Waals surface area (Å²) in [6.07, 6.45) is 5.03. The number of anilines is 1. The summed E-state index contributed by atoms with van der Waals surface area (Å²) < 4.78 is 0. The molecule has 1 aromatic carbocycles. The molecule has 2 fully saturated rings. The SMILES string of the molecule is O=C(NCC1(O)CCCC1)c1ccc(N2CCCC2=O)cc1. The van der Waals surface area contributed by atoms with E-state index in [-0.39, 0.29) is 11.8 Å². The Morgan fingerprint density at radius 1 is 1.18 bits per heavy atom. The van der Waals surface area contributed by atoms with Crippen molar-refractivity contribution in [2.75, 3.05) is 18.0 Å². The Kier molecular flexibility index (Phi) is 4.16. The molecule has 2 N–H and O–H groups in total. The predicted octanol–water partition coefficient (Wildman–Crippen LogP) is 1.85. The normalized spacial score (nSPS) is 20.4. The third kappa shape index (κ3) is 3.14. The summed E-state index contributed by atoms with van der Waals surface area (Å²) in [6.45, 7) is 1.05. The average molecular weight is 302 g/mol. The fourth-order valence-corrected chi connectivity index (χ4v) is 3.27. The molecule has 0 atom stereocenters. The number of carbonyl (C=O) groups is 2. The van der Waals surface area contributed by atoms with Crippen molar-refractivity contribution < 1.29 is 14.7 Å². The van der Waals surface area contributed by atoms with E-state index in [9.17, 15) is 14.7 Å². The van der Waals surface area contributed by atoms with Gasteiger partial charge in [-0.2, -0.15) is 0 Å². The van der Waals surface area contributed by atoms with Gasteiger partial charge in [0.15, 0.2) is 0 Å². The first-order chi connectivity index (χ1) is 10.6. The molecule has 1 aliphatic carbocycles. The van der Waals surface area contributed by atoms with Crippen molar-refractivity contribution in [2.24, 2.45) is 0 Å². The Labute approximate surface area is 130 Å². The van der Waals surface area contributed by atoms with Crippen LogP contribution in [0.5, 0.6) is 0 Å². The lowest BCUT2D eigenvalue weighted by Crippen LogP contribution is -2.40. The smallest absolute Gasteiger partial charge is 0.251 e. The maximum Gasteiger partial charge on any atom is 0.251 e. The summed E-state index contributed by atoms with van der Waals surface area (Å²) in [4.78, 5) is 25.6. The van der Waals surface area contributed by atoms with Crippen molar-refractivity contribution in [1.29, 1.82) is 0 Å². The predicted molar refractivity (Wildman–Crippen MR) is 83.8 cm³/mol. The molecule has 2 amide bonds. The number of carbonyl (C=O) groups excluding carboxylic acids is 2. The van der Waals surface area contributed by atoms with Crippen LogP contribution in [-0.4, -0.2) is 35.6 Å². The van der Waals surface area contributed by atoms with Crippen LogP contribution in [-0.2, 0) is 4.79 Å². The number of hydrogen-bond donors (Lipinski definition) is 2. The molecular formula is C17H22N2O3. The lowest BCUT2D eigenvalue weighted by molar-refractivity contribution is -0.117. The fraction of sp³-hybridized carbons (Fsp3) is 0.529. The van der Waals surface area contributed by atoms with E-state index in [0.29, 0.717) is 18.5 Å². The van der Waals surface area contributed by atoms with Crippen molar-refractivity contribution in [2.45, 2.75) is 44.1 Å². The van der Waals surface area contributed by atoms with Crippen LogP contribution in [0, 0.1) is 0 Å². The second kappa shape index (κ2) is 6.08. The zero-order valence-electron chi connectivity index (χ0n) is 12.7. The van der Waals surface area contributed by atoms with Crippen molar-refractivity contribution >= 4 is 17.5 Å². The van der Waals surface area contributed by atoms with Crippen LogP contribution in [0.1, 0.15) is 48.9 Å². The second-order valence-electron chi connectivity index (χ2n) is 6.31. The van der Waals surface area contributed by atoms with Crippen LogP contribution in [0.15, 0.2) is 24.3 Å². The van der Waals surface area contributed by atoms with E-state index in [1.807, 2.05) is 12.1 Å². The van der Waals surface area contributed by atoms with E-state index >= 15 is 0 Å². The molecule has 5 heteroatoms. The molecule has 0 bridgehead atoms. The number of benzene rings is 1. The van der Waals surface area contributed by atoms with Gasteiger partial charge in [-0.15, -0.1) is 0 Å². The van der Waals surface area contributed by atoms with Gasteiger partial charge in [-0.3, -0.25) is 9.59 Å². The zero-order valence-corrected chi connectivity index (χ0v) is 12.7. The molecule has 1 aromatic rings. The molecule has 0 radical (unpaired) electrons. The van der Waals surface area contributed by atoms with E-state index in [4.69, 9.17) is 0 Å². The van der Waals surface area contributed by atoms with E-state index < -0.39 is 5.60 Å². The van der Waals surface area contributed by atoms with Gasteiger partial charge in [0.05, 0.1) is 5.60 Å². The van der Waals surface area contributed by atoms with Gasteiger partial charge in [-0.25, -0.2) is 0 Å². The molecule has 22 heavy (non-hydrogen) atoms. The molecule has 1 heterocycles. The first-order valence-corrected chi connectivity index (χ1v) is 7.98. The van der Waals surface area contributed by atoms with Gasteiger partial charge >= 0.3 is 0 Å². The molecule has 1 aliphatic heterocycles. The van der Waals surface area contributed by atoms with Crippen LogP contribution >= 0.6 is 0 Å². The number of rotatable bonds is 4. The van der Waals surface area contributed by atoms with Crippen LogP contribution in [0.4, 0.5) is 5.69 Å². The summed E-state index contributed by atoms with van der Waals surface area (Å²) in [6, 6.07) is 7.08. The molecule has 0 aromatic heterocycles. The lowest BCUT2D eigenvalue weighted by atomic mass is 10.0. The van der Waals surface area contributed by atoms with Gasteiger partial charge in [0.2, 0.25) is 5.91 Å². The van der Waals surface area contributed by atoms with Crippen LogP contribution in [0.2, 0.25) is 0 Å². The van der Waals surface area contributed by atoms with E-state index in [1.165, 1.54) is 0 Å². The van der Waals surface area contributed by atoms with Crippen molar-refractivity contribution in [3.8, 4) is 0 Å². The highest BCUT2D eigenvalue weighted by Gasteiger charge is 2.31. The molecule has 1 saturated heterocycles. The second-order valence-corrected chi connectivity index (χ2v) is 6.31. The van der Waals surface area contributed by atoms with Crippen molar-refractivity contribution in [3.05, 3.63) is 29.8 Å². The highest BCUT2D eigenvalue weighted by Crippen LogP contribution is 2.28. The molecule has 0 spiro atoms. The minimum absolute atomic E-state index is 0.139. The summed E-state index contributed by atoms with van der Waals surface area (Å²) in [5.74, 6) is -0.0414. The highest BCUT2D eigenvalue weighted by molar-refractivity contribution is 5.97. The Hall–Kier alpha value is -1.88. The molecule has 118 valence electrons. The van der Waals surface area contributed by atoms with Crippen LogP contribution < -0.4 is 10.2 Å². The molecule has 1 saturated carbocycles. The molecular weight excluding hydrogens is 280 g/mol. The van der Waals surface area contributed by atoms with Gasteiger partial charge in [0, 0.05) is 30.8 Å². The maximum absolute atomic E-state index is 12.1. The summed E-state index contributed by atoms with van der Waals surface area (Å²) in [5, 5.41) is 13.1. The van der Waals surface area contributed by atoms with Gasteiger partial charge < -0.3 is 15.3 Å². The number of nitrogens with one attached hydrogen (secondary N) is 1. The molecule has 2 aliphatic rings. The lowest BCUT2D eigenvalue weighted by Gasteiger charge is -2.22. The highest BCUT2D eigenvalue weighted by atomic mass is 16.3. The largest absolute Gasteiger partial charge is 0.388 e. The summed E-state index contributed by atoms with van der Waals surface area (Å²) in [5.41, 5.74) is 0.655. The van der Waals surface area contributed by atoms with Crippen molar-refractivity contribution in [1.82, 2.24) is 5.32 Å². The first-order valence-electron chi connectivity index (χ1n) is 7.98. The minimum atomic E-state index is -0.739. The quantitative estimate of drug-likeness (QED) is 0.892. The van der Waals surface area contributed by atoms with E-state index in [2.05, 4.69) is 5.32 Å². The third-order valence-corrected chi connectivity index (χ3v) is 4.63. The Morgan fingerprint density at radius 3 is 2.45 bits per heavy atom. The average Bonchev–Trinajstić information content (AvgIpc) is 3.14. The van der Waals surface area contributed by atoms with Gasteiger partial charge in [-0.1, -0.05) is 12.8 Å². The Balaban J connectivity index is 1.60. The molecule has 5 nitrogen and oxygen atoms in total. The standard InChI is InChI=1S/C17H22N2O3/c20-15-4-3-11-19(15)14-7-5-13(6-8-14)16(21)18-12-17(22)9-1-2-10-17/h5-8,22H,1-4,9-12H2,(H,18,21). The van der Waals surface area contributed by atoms with E-state index in [0.717, 1.165) is 44.3 Å². The maximum atomic E-state index is 12.1. The van der Waals surface area contributed by atoms with Gasteiger partial charge in [-0.05, 0) is 43.5 Å². The molecule has 3 rings (SSSR count). The zero-order chi connectivity index (χ0) is 15.6. The Bertz CT molecular complexity index is 562. The summed E-state index contributed by atoms with van der Waals surface area (Å²) >= 11 is 0. The van der Waals surface area contributed by atoms with Gasteiger partial charge in [0.1, 0.15) is 0 Å². The first kappa shape index (κ1) is 15.0. The third-order valence-electron chi connectivity index (χ3n) is 4.63. The Morgan fingerprint density at radius 2 is 1.86 bits per heavy atom. The van der Waals surface area contributed by atoms with Crippen LogP contribution in [0.3, 0.4) is 0 Å². The van der Waals surface area contributed by atoms with Crippen LogP contribution in [0.25, 0.3) is 0 Å². The summed E-state index contributed by atoms with van der Waals surface area (Å²) in [7, 11) is 0. The number of hydrogen-bond acceptors (Lipinski definition) is 3. The molecule has 0 unspecified atom stereocenters. The number of nitrogens with zero attached hydrogens (tertiary/aromatic N) is 1.